The number of nitro groups is 1. The van der Waals surface area contributed by atoms with Crippen LogP contribution in [0.1, 0.15) is 0 Å². The van der Waals surface area contributed by atoms with Crippen LogP contribution in [0, 0.1) is 10.1 Å². The number of ether oxygens (including phenoxy) is 1. The molecule has 0 saturated carbocycles. The smallest absolute Gasteiger partial charge is 0.458 e. The molecular formula is C16H8F15NO5S2. The molecular weight excluding hydrogens is 635 g/mol. The number of hydrogen-bond acceptors (Lipinski definition) is 6. The second-order valence-electron chi connectivity index (χ2n) is 6.90. The lowest BCUT2D eigenvalue weighted by molar-refractivity contribution is -0.388. The number of rotatable bonds is 12. The lowest BCUT2D eigenvalue weighted by Crippen LogP contribution is -2.59. The van der Waals surface area contributed by atoms with E-state index in [2.05, 4.69) is 4.74 Å². The highest BCUT2D eigenvalue weighted by Gasteiger charge is 2.76. The van der Waals surface area contributed by atoms with Crippen molar-refractivity contribution in [3.63, 3.8) is 0 Å². The maximum Gasteiger partial charge on any atom is 0.461 e. The Morgan fingerprint density at radius 2 is 1.46 bits per heavy atom. The van der Waals surface area contributed by atoms with Crippen molar-refractivity contribution in [3.05, 3.63) is 28.3 Å². The average molecular weight is 643 g/mol. The van der Waals surface area contributed by atoms with Gasteiger partial charge in [0.1, 0.15) is 10.8 Å². The van der Waals surface area contributed by atoms with E-state index in [4.69, 9.17) is 0 Å². The van der Waals surface area contributed by atoms with Crippen LogP contribution in [0.5, 0.6) is 0 Å². The molecule has 1 unspecified atom stereocenters. The zero-order chi connectivity index (χ0) is 31.0. The molecule has 1 atom stereocenters. The summed E-state index contributed by atoms with van der Waals surface area (Å²) < 4.78 is 208. The summed E-state index contributed by atoms with van der Waals surface area (Å²) in [5.74, 6) is -29.6. The fourth-order valence-corrected chi connectivity index (χ4v) is 3.98. The first-order valence-electron chi connectivity index (χ1n) is 8.98. The summed E-state index contributed by atoms with van der Waals surface area (Å²) in [5.41, 5.74) is -1.46. The highest BCUT2D eigenvalue weighted by Crippen LogP contribution is 2.50. The number of nitro benzene ring substituents is 1. The Bertz CT molecular complexity index is 1110. The maximum atomic E-state index is 13.6. The SMILES string of the molecule is O=C(CSc1ccc(S(=O)C(F)(F)C(F)(F)C(F)(F)F)cc1[N+](=O)[O-])OCC(F)(F)C(F)(F)C(F)(F)C(F)F. The summed E-state index contributed by atoms with van der Waals surface area (Å²) in [4.78, 5) is 18.6. The molecule has 23 heteroatoms. The van der Waals surface area contributed by atoms with Gasteiger partial charge in [-0.2, -0.15) is 57.1 Å². The van der Waals surface area contributed by atoms with Crippen LogP contribution in [-0.4, -0.2) is 69.0 Å². The Balaban J connectivity index is 3.08. The molecule has 0 radical (unpaired) electrons. The van der Waals surface area contributed by atoms with E-state index in [1.807, 2.05) is 0 Å². The predicted molar refractivity (Wildman–Crippen MR) is 98.0 cm³/mol. The number of benzene rings is 1. The highest BCUT2D eigenvalue weighted by molar-refractivity contribution is 8.00. The standard InChI is InChI=1S/C16H8F15NO5S2/c17-10(18)12(21,22)13(23,24)11(19,20)5-37-9(33)4-38-8-2-1-6(3-7(8)32(34)35)39(36)16(30,31)14(25,26)15(27,28)29/h1-3,10H,4-5H2. The summed E-state index contributed by atoms with van der Waals surface area (Å²) >= 11 is -0.142. The van der Waals surface area contributed by atoms with Crippen molar-refractivity contribution in [1.82, 2.24) is 0 Å². The molecule has 0 spiro atoms. The molecule has 0 heterocycles. The first-order chi connectivity index (χ1) is 17.3. The van der Waals surface area contributed by atoms with Crippen LogP contribution in [0.3, 0.4) is 0 Å². The summed E-state index contributed by atoms with van der Waals surface area (Å²) in [7, 11) is -4.57. The quantitative estimate of drug-likeness (QED) is 0.0875. The van der Waals surface area contributed by atoms with Crippen molar-refractivity contribution in [2.24, 2.45) is 0 Å². The first kappa shape index (κ1) is 34.6. The number of alkyl halides is 15. The number of halogens is 15. The van der Waals surface area contributed by atoms with E-state index in [1.54, 1.807) is 0 Å². The molecule has 0 aliphatic rings. The van der Waals surface area contributed by atoms with Gasteiger partial charge in [0.15, 0.2) is 6.61 Å². The van der Waals surface area contributed by atoms with E-state index in [-0.39, 0.29) is 30.0 Å². The topological polar surface area (TPSA) is 86.5 Å². The van der Waals surface area contributed by atoms with E-state index in [1.165, 1.54) is 0 Å². The van der Waals surface area contributed by atoms with E-state index >= 15 is 0 Å². The van der Waals surface area contributed by atoms with E-state index in [0.717, 1.165) is 0 Å². The fraction of sp³-hybridized carbons (Fsp3) is 0.562. The van der Waals surface area contributed by atoms with Crippen molar-refractivity contribution < 1.29 is 84.5 Å². The van der Waals surface area contributed by atoms with Crippen molar-refractivity contribution in [2.75, 3.05) is 12.4 Å². The molecule has 0 N–H and O–H groups in total. The zero-order valence-electron chi connectivity index (χ0n) is 17.7. The molecule has 1 rings (SSSR count). The molecule has 1 aromatic rings. The zero-order valence-corrected chi connectivity index (χ0v) is 19.3. The van der Waals surface area contributed by atoms with Crippen molar-refractivity contribution >= 4 is 34.2 Å². The van der Waals surface area contributed by atoms with Gasteiger partial charge in [-0.1, -0.05) is 0 Å². The van der Waals surface area contributed by atoms with Gasteiger partial charge in [-0.05, 0) is 12.1 Å². The molecule has 0 fully saturated rings. The maximum absolute atomic E-state index is 13.6. The number of carbonyl (C=O) groups is 1. The van der Waals surface area contributed by atoms with Crippen molar-refractivity contribution in [3.8, 4) is 0 Å². The third-order valence-corrected chi connectivity index (χ3v) is 6.65. The molecule has 1 aromatic carbocycles. The lowest BCUT2D eigenvalue weighted by Gasteiger charge is -2.31. The second-order valence-corrected chi connectivity index (χ2v) is 9.43. The van der Waals surface area contributed by atoms with Crippen molar-refractivity contribution in [1.29, 1.82) is 0 Å². The molecule has 0 aliphatic heterocycles. The van der Waals surface area contributed by atoms with Gasteiger partial charge >= 0.3 is 47.5 Å². The third-order valence-electron chi connectivity index (χ3n) is 4.21. The van der Waals surface area contributed by atoms with E-state index in [0.29, 0.717) is 0 Å². The summed E-state index contributed by atoms with van der Waals surface area (Å²) in [5, 5.41) is 4.77. The number of carbonyl (C=O) groups excluding carboxylic acids is 1. The van der Waals surface area contributed by atoms with Crippen LogP contribution < -0.4 is 0 Å². The summed E-state index contributed by atoms with van der Waals surface area (Å²) in [6.07, 6.45) is -12.2. The molecule has 0 aliphatic carbocycles. The first-order valence-corrected chi connectivity index (χ1v) is 11.1. The van der Waals surface area contributed by atoms with Gasteiger partial charge < -0.3 is 4.74 Å². The van der Waals surface area contributed by atoms with Crippen LogP contribution in [-0.2, 0) is 20.3 Å². The lowest BCUT2D eigenvalue weighted by atomic mass is 10.1. The molecule has 39 heavy (non-hydrogen) atoms. The summed E-state index contributed by atoms with van der Waals surface area (Å²) in [6.45, 7) is -2.88. The molecule has 0 amide bonds. The second kappa shape index (κ2) is 11.2. The van der Waals surface area contributed by atoms with Crippen molar-refractivity contribution in [2.45, 2.75) is 51.3 Å². The number of esters is 1. The Morgan fingerprint density at radius 1 is 0.949 bits per heavy atom. The Labute approximate surface area is 211 Å². The Hall–Kier alpha value is -2.46. The highest BCUT2D eigenvalue weighted by atomic mass is 32.2. The van der Waals surface area contributed by atoms with Crippen LogP contribution in [0.2, 0.25) is 0 Å². The van der Waals surface area contributed by atoms with Gasteiger partial charge in [-0.25, -0.2) is 13.0 Å². The van der Waals surface area contributed by atoms with Crippen LogP contribution in [0.4, 0.5) is 71.5 Å². The Morgan fingerprint density at radius 3 is 1.90 bits per heavy atom. The van der Waals surface area contributed by atoms with E-state index in [9.17, 15) is 85.0 Å². The van der Waals surface area contributed by atoms with Crippen LogP contribution in [0.25, 0.3) is 0 Å². The largest absolute Gasteiger partial charge is 0.461 e. The van der Waals surface area contributed by atoms with Gasteiger partial charge in [0.2, 0.25) is 0 Å². The molecule has 224 valence electrons. The molecule has 0 saturated heterocycles. The van der Waals surface area contributed by atoms with Gasteiger partial charge in [0, 0.05) is 6.07 Å². The predicted octanol–water partition coefficient (Wildman–Crippen LogP) is 6.30. The van der Waals surface area contributed by atoms with Gasteiger partial charge in [-0.3, -0.25) is 14.9 Å². The third kappa shape index (κ3) is 6.65. The van der Waals surface area contributed by atoms with Crippen LogP contribution >= 0.6 is 11.8 Å². The van der Waals surface area contributed by atoms with Gasteiger partial charge in [0.25, 0.3) is 5.69 Å². The normalized spacial score (nSPS) is 14.9. The molecule has 0 aromatic heterocycles. The molecule has 0 bridgehead atoms. The minimum atomic E-state index is -6.90. The average Bonchev–Trinajstić information content (AvgIpc) is 2.79. The summed E-state index contributed by atoms with van der Waals surface area (Å²) in [6, 6.07) is 0.251. The number of thioether (sulfide) groups is 1. The van der Waals surface area contributed by atoms with E-state index < -0.39 is 91.1 Å². The minimum absolute atomic E-state index is 0.123. The Kier molecular flexibility index (Phi) is 9.92. The van der Waals surface area contributed by atoms with Crippen LogP contribution in [0.15, 0.2) is 28.0 Å². The molecule has 6 nitrogen and oxygen atoms in total. The number of nitrogens with zero attached hydrogens (tertiary/aromatic N) is 1. The minimum Gasteiger partial charge on any atom is -0.458 e. The van der Waals surface area contributed by atoms with Gasteiger partial charge in [0.05, 0.1) is 20.5 Å². The number of hydrogen-bond donors (Lipinski definition) is 0. The van der Waals surface area contributed by atoms with Gasteiger partial charge in [-0.15, -0.1) is 11.8 Å². The monoisotopic (exact) mass is 643 g/mol. The fourth-order valence-electron chi connectivity index (χ4n) is 2.13.